The molecule has 98 valence electrons. The summed E-state index contributed by atoms with van der Waals surface area (Å²) in [4.78, 5) is 2.58. The first-order valence-corrected chi connectivity index (χ1v) is 7.47. The van der Waals surface area contributed by atoms with Gasteiger partial charge in [0.1, 0.15) is 0 Å². The molecule has 0 amide bonds. The Morgan fingerprint density at radius 1 is 1.22 bits per heavy atom. The highest BCUT2D eigenvalue weighted by molar-refractivity contribution is 5.52. The molecule has 1 N–H and O–H groups in total. The fourth-order valence-corrected chi connectivity index (χ4v) is 3.26. The summed E-state index contributed by atoms with van der Waals surface area (Å²) in [6.07, 6.45) is 6.40. The Labute approximate surface area is 110 Å². The van der Waals surface area contributed by atoms with Gasteiger partial charge >= 0.3 is 0 Å². The molecule has 3 rings (SSSR count). The van der Waals surface area contributed by atoms with Crippen molar-refractivity contribution in [2.75, 3.05) is 24.5 Å². The number of anilines is 1. The highest BCUT2D eigenvalue weighted by Crippen LogP contribution is 2.27. The van der Waals surface area contributed by atoms with E-state index < -0.39 is 0 Å². The maximum absolute atomic E-state index is 3.64. The predicted octanol–water partition coefficient (Wildman–Crippen LogP) is 2.75. The van der Waals surface area contributed by atoms with Gasteiger partial charge in [-0.05, 0) is 61.9 Å². The molecule has 1 atom stereocenters. The molecular weight excluding hydrogens is 220 g/mol. The molecule has 2 aliphatic rings. The maximum Gasteiger partial charge on any atom is 0.0369 e. The SMILES string of the molecule is CCC1CN(c2ccc3c(c2)CCC3)CCCN1. The molecule has 1 aliphatic carbocycles. The van der Waals surface area contributed by atoms with E-state index in [1.165, 1.54) is 50.9 Å². The van der Waals surface area contributed by atoms with E-state index in [2.05, 4.69) is 35.3 Å². The first-order chi connectivity index (χ1) is 8.86. The Kier molecular flexibility index (Phi) is 3.55. The monoisotopic (exact) mass is 244 g/mol. The summed E-state index contributed by atoms with van der Waals surface area (Å²) in [6.45, 7) is 5.81. The summed E-state index contributed by atoms with van der Waals surface area (Å²) in [6, 6.07) is 7.79. The lowest BCUT2D eigenvalue weighted by Crippen LogP contribution is -2.37. The summed E-state index contributed by atoms with van der Waals surface area (Å²) in [5.74, 6) is 0. The molecule has 0 bridgehead atoms. The summed E-state index contributed by atoms with van der Waals surface area (Å²) in [7, 11) is 0. The van der Waals surface area contributed by atoms with E-state index in [1.54, 1.807) is 11.1 Å². The molecule has 1 saturated heterocycles. The van der Waals surface area contributed by atoms with Crippen molar-refractivity contribution in [2.45, 2.75) is 45.1 Å². The van der Waals surface area contributed by atoms with Gasteiger partial charge in [0.05, 0.1) is 0 Å². The zero-order chi connectivity index (χ0) is 12.4. The van der Waals surface area contributed by atoms with Crippen molar-refractivity contribution >= 4 is 5.69 Å². The normalized spacial score (nSPS) is 23.8. The largest absolute Gasteiger partial charge is 0.370 e. The smallest absolute Gasteiger partial charge is 0.0369 e. The van der Waals surface area contributed by atoms with Crippen molar-refractivity contribution < 1.29 is 0 Å². The third-order valence-electron chi connectivity index (χ3n) is 4.42. The molecule has 2 nitrogen and oxygen atoms in total. The topological polar surface area (TPSA) is 15.3 Å². The minimum Gasteiger partial charge on any atom is -0.370 e. The van der Waals surface area contributed by atoms with E-state index in [9.17, 15) is 0 Å². The molecule has 0 aromatic heterocycles. The van der Waals surface area contributed by atoms with E-state index in [1.807, 2.05) is 0 Å². The Hall–Kier alpha value is -1.02. The van der Waals surface area contributed by atoms with E-state index >= 15 is 0 Å². The number of hydrogen-bond acceptors (Lipinski definition) is 2. The van der Waals surface area contributed by atoms with Crippen LogP contribution in [0.4, 0.5) is 5.69 Å². The lowest BCUT2D eigenvalue weighted by atomic mass is 10.1. The number of nitrogens with one attached hydrogen (secondary N) is 1. The van der Waals surface area contributed by atoms with Crippen LogP contribution >= 0.6 is 0 Å². The van der Waals surface area contributed by atoms with Gasteiger partial charge in [0.15, 0.2) is 0 Å². The number of fused-ring (bicyclic) bond motifs is 1. The first-order valence-electron chi connectivity index (χ1n) is 7.47. The summed E-state index contributed by atoms with van der Waals surface area (Å²) >= 11 is 0. The average molecular weight is 244 g/mol. The van der Waals surface area contributed by atoms with Crippen LogP contribution in [0.3, 0.4) is 0 Å². The Balaban J connectivity index is 1.80. The molecule has 1 aromatic carbocycles. The zero-order valence-electron chi connectivity index (χ0n) is 11.4. The van der Waals surface area contributed by atoms with Crippen molar-refractivity contribution in [3.63, 3.8) is 0 Å². The predicted molar refractivity (Wildman–Crippen MR) is 77.4 cm³/mol. The molecule has 1 aromatic rings. The Bertz CT molecular complexity index is 414. The molecule has 2 heteroatoms. The van der Waals surface area contributed by atoms with E-state index in [0.29, 0.717) is 6.04 Å². The molecular formula is C16H24N2. The van der Waals surface area contributed by atoms with Crippen LogP contribution in [0.25, 0.3) is 0 Å². The highest BCUT2D eigenvalue weighted by Gasteiger charge is 2.18. The van der Waals surface area contributed by atoms with Gasteiger partial charge in [-0.2, -0.15) is 0 Å². The van der Waals surface area contributed by atoms with Crippen LogP contribution in [0.1, 0.15) is 37.3 Å². The number of aryl methyl sites for hydroxylation is 2. The quantitative estimate of drug-likeness (QED) is 0.860. The van der Waals surface area contributed by atoms with Crippen LogP contribution in [0.15, 0.2) is 18.2 Å². The van der Waals surface area contributed by atoms with Gasteiger partial charge in [-0.1, -0.05) is 13.0 Å². The van der Waals surface area contributed by atoms with Crippen molar-refractivity contribution in [3.05, 3.63) is 29.3 Å². The highest BCUT2D eigenvalue weighted by atomic mass is 15.2. The van der Waals surface area contributed by atoms with E-state index in [4.69, 9.17) is 0 Å². The minimum absolute atomic E-state index is 0.653. The standard InChI is InChI=1S/C16H24N2/c1-2-15-12-18(10-4-9-17-15)16-8-7-13-5-3-6-14(13)11-16/h7-8,11,15,17H,2-6,9-10,12H2,1H3. The van der Waals surface area contributed by atoms with Gasteiger partial charge in [-0.3, -0.25) is 0 Å². The van der Waals surface area contributed by atoms with Crippen LogP contribution in [-0.4, -0.2) is 25.7 Å². The van der Waals surface area contributed by atoms with E-state index in [-0.39, 0.29) is 0 Å². The van der Waals surface area contributed by atoms with Crippen molar-refractivity contribution in [3.8, 4) is 0 Å². The molecule has 0 saturated carbocycles. The Morgan fingerprint density at radius 3 is 3.00 bits per heavy atom. The second-order valence-electron chi connectivity index (χ2n) is 5.67. The summed E-state index contributed by atoms with van der Waals surface area (Å²) in [5, 5.41) is 3.64. The van der Waals surface area contributed by atoms with Crippen molar-refractivity contribution in [2.24, 2.45) is 0 Å². The van der Waals surface area contributed by atoms with E-state index in [0.717, 1.165) is 6.54 Å². The van der Waals surface area contributed by atoms with Crippen LogP contribution in [0.2, 0.25) is 0 Å². The molecule has 1 fully saturated rings. The first kappa shape index (κ1) is 12.0. The number of rotatable bonds is 2. The molecule has 1 aliphatic heterocycles. The molecule has 1 heterocycles. The zero-order valence-corrected chi connectivity index (χ0v) is 11.4. The summed E-state index contributed by atoms with van der Waals surface area (Å²) < 4.78 is 0. The second-order valence-corrected chi connectivity index (χ2v) is 5.67. The fourth-order valence-electron chi connectivity index (χ4n) is 3.26. The van der Waals surface area contributed by atoms with Gasteiger partial charge in [0.25, 0.3) is 0 Å². The van der Waals surface area contributed by atoms with Crippen LogP contribution in [0.5, 0.6) is 0 Å². The third-order valence-corrected chi connectivity index (χ3v) is 4.42. The van der Waals surface area contributed by atoms with Crippen molar-refractivity contribution in [1.82, 2.24) is 5.32 Å². The van der Waals surface area contributed by atoms with Crippen molar-refractivity contribution in [1.29, 1.82) is 0 Å². The minimum atomic E-state index is 0.653. The lowest BCUT2D eigenvalue weighted by molar-refractivity contribution is 0.528. The maximum atomic E-state index is 3.64. The third kappa shape index (κ3) is 2.39. The fraction of sp³-hybridized carbons (Fsp3) is 0.625. The lowest BCUT2D eigenvalue weighted by Gasteiger charge is -2.26. The van der Waals surface area contributed by atoms with Gasteiger partial charge in [0.2, 0.25) is 0 Å². The molecule has 0 spiro atoms. The molecule has 1 unspecified atom stereocenters. The van der Waals surface area contributed by atoms with Crippen LogP contribution in [-0.2, 0) is 12.8 Å². The van der Waals surface area contributed by atoms with Gasteiger partial charge in [0, 0.05) is 24.8 Å². The molecule has 0 radical (unpaired) electrons. The van der Waals surface area contributed by atoms with Gasteiger partial charge in [-0.15, -0.1) is 0 Å². The second kappa shape index (κ2) is 5.31. The Morgan fingerprint density at radius 2 is 2.11 bits per heavy atom. The average Bonchev–Trinajstić information content (AvgIpc) is 2.74. The summed E-state index contributed by atoms with van der Waals surface area (Å²) in [5.41, 5.74) is 4.62. The molecule has 18 heavy (non-hydrogen) atoms. The number of benzene rings is 1. The number of hydrogen-bond donors (Lipinski definition) is 1. The van der Waals surface area contributed by atoms with Crippen LogP contribution in [0, 0.1) is 0 Å². The van der Waals surface area contributed by atoms with Gasteiger partial charge < -0.3 is 10.2 Å². The van der Waals surface area contributed by atoms with Crippen LogP contribution < -0.4 is 10.2 Å². The number of nitrogens with zero attached hydrogens (tertiary/aromatic N) is 1. The van der Waals surface area contributed by atoms with Gasteiger partial charge in [-0.25, -0.2) is 0 Å².